The Hall–Kier alpha value is -2.64. The standard InChI is InChI=1S/C23H27N3O3S/c1-16-11-17(2)13-19(12-16)28-15-21-18(3)29-24-22(21)23(27)26-8-6-25(7-9-26)14-20-5-4-10-30-20/h4-5,10-13H,6-9,14-15H2,1-3H3. The highest BCUT2D eigenvalue weighted by molar-refractivity contribution is 7.09. The molecule has 0 spiro atoms. The van der Waals surface area contributed by atoms with E-state index in [-0.39, 0.29) is 12.5 Å². The Morgan fingerprint density at radius 2 is 1.87 bits per heavy atom. The van der Waals surface area contributed by atoms with E-state index in [9.17, 15) is 4.79 Å². The van der Waals surface area contributed by atoms with Crippen LogP contribution in [0.15, 0.2) is 40.2 Å². The maximum Gasteiger partial charge on any atom is 0.276 e. The number of carbonyl (C=O) groups is 1. The molecule has 0 unspecified atom stereocenters. The van der Waals surface area contributed by atoms with E-state index < -0.39 is 0 Å². The van der Waals surface area contributed by atoms with Crippen molar-refractivity contribution in [2.24, 2.45) is 0 Å². The number of hydrogen-bond acceptors (Lipinski definition) is 6. The summed E-state index contributed by atoms with van der Waals surface area (Å²) >= 11 is 1.77. The van der Waals surface area contributed by atoms with E-state index in [2.05, 4.69) is 33.6 Å². The number of thiophene rings is 1. The summed E-state index contributed by atoms with van der Waals surface area (Å²) in [5.41, 5.74) is 3.37. The molecule has 3 heterocycles. The fraction of sp³-hybridized carbons (Fsp3) is 0.391. The van der Waals surface area contributed by atoms with E-state index in [4.69, 9.17) is 9.26 Å². The van der Waals surface area contributed by atoms with Gasteiger partial charge in [0.05, 0.1) is 5.56 Å². The van der Waals surface area contributed by atoms with Crippen LogP contribution in [0.5, 0.6) is 5.75 Å². The van der Waals surface area contributed by atoms with Crippen LogP contribution in [0.25, 0.3) is 0 Å². The summed E-state index contributed by atoms with van der Waals surface area (Å²) in [5, 5.41) is 6.16. The minimum absolute atomic E-state index is 0.0818. The molecule has 1 fully saturated rings. The lowest BCUT2D eigenvalue weighted by Crippen LogP contribution is -2.48. The number of aryl methyl sites for hydroxylation is 3. The average molecular weight is 426 g/mol. The van der Waals surface area contributed by atoms with Crippen molar-refractivity contribution in [2.45, 2.75) is 33.9 Å². The van der Waals surface area contributed by atoms with Gasteiger partial charge in [-0.3, -0.25) is 9.69 Å². The molecule has 1 aliphatic heterocycles. The van der Waals surface area contributed by atoms with E-state index in [0.717, 1.165) is 42.1 Å². The minimum atomic E-state index is -0.0818. The molecular weight excluding hydrogens is 398 g/mol. The van der Waals surface area contributed by atoms with Gasteiger partial charge in [-0.1, -0.05) is 17.3 Å². The Morgan fingerprint density at radius 3 is 2.53 bits per heavy atom. The van der Waals surface area contributed by atoms with E-state index in [1.165, 1.54) is 4.88 Å². The van der Waals surface area contributed by atoms with Gasteiger partial charge in [-0.05, 0) is 55.5 Å². The molecule has 2 aromatic heterocycles. The van der Waals surface area contributed by atoms with Gasteiger partial charge in [0.2, 0.25) is 0 Å². The van der Waals surface area contributed by atoms with Crippen LogP contribution in [0.2, 0.25) is 0 Å². The summed E-state index contributed by atoms with van der Waals surface area (Å²) < 4.78 is 11.3. The zero-order chi connectivity index (χ0) is 21.1. The van der Waals surface area contributed by atoms with Gasteiger partial charge in [0.25, 0.3) is 5.91 Å². The quantitative estimate of drug-likeness (QED) is 0.592. The highest BCUT2D eigenvalue weighted by Gasteiger charge is 2.28. The van der Waals surface area contributed by atoms with E-state index in [1.807, 2.05) is 37.8 Å². The molecule has 0 saturated carbocycles. The summed E-state index contributed by atoms with van der Waals surface area (Å²) in [6.07, 6.45) is 0. The van der Waals surface area contributed by atoms with Crippen LogP contribution in [0.4, 0.5) is 0 Å². The van der Waals surface area contributed by atoms with Gasteiger partial charge in [0.15, 0.2) is 5.69 Å². The van der Waals surface area contributed by atoms with E-state index in [0.29, 0.717) is 24.5 Å². The van der Waals surface area contributed by atoms with Crippen molar-refractivity contribution in [3.8, 4) is 5.75 Å². The van der Waals surface area contributed by atoms with Crippen LogP contribution in [-0.4, -0.2) is 47.0 Å². The molecule has 1 saturated heterocycles. The second kappa shape index (κ2) is 9.02. The summed E-state index contributed by atoms with van der Waals surface area (Å²) in [5.74, 6) is 1.33. The molecule has 0 bridgehead atoms. The third-order valence-electron chi connectivity index (χ3n) is 5.38. The number of piperazine rings is 1. The van der Waals surface area contributed by atoms with E-state index in [1.54, 1.807) is 11.3 Å². The van der Waals surface area contributed by atoms with Crippen LogP contribution in [0.3, 0.4) is 0 Å². The Bertz CT molecular complexity index is 985. The van der Waals surface area contributed by atoms with Gasteiger partial charge in [0.1, 0.15) is 18.1 Å². The van der Waals surface area contributed by atoms with Crippen LogP contribution in [0, 0.1) is 20.8 Å². The lowest BCUT2D eigenvalue weighted by atomic mass is 10.1. The van der Waals surface area contributed by atoms with Crippen molar-refractivity contribution in [3.05, 3.63) is 68.7 Å². The zero-order valence-electron chi connectivity index (χ0n) is 17.7. The lowest BCUT2D eigenvalue weighted by molar-refractivity contribution is 0.0617. The predicted octanol–water partition coefficient (Wildman–Crippen LogP) is 4.20. The number of benzene rings is 1. The molecule has 1 aliphatic rings. The number of ether oxygens (including phenoxy) is 1. The Kier molecular flexibility index (Phi) is 6.20. The number of nitrogens with zero attached hydrogens (tertiary/aromatic N) is 3. The molecular formula is C23H27N3O3S. The van der Waals surface area contributed by atoms with Crippen LogP contribution in [0.1, 0.15) is 37.8 Å². The molecule has 0 radical (unpaired) electrons. The van der Waals surface area contributed by atoms with Crippen molar-refractivity contribution in [2.75, 3.05) is 26.2 Å². The van der Waals surface area contributed by atoms with Crippen molar-refractivity contribution in [1.82, 2.24) is 15.0 Å². The first-order chi connectivity index (χ1) is 14.5. The fourth-order valence-electron chi connectivity index (χ4n) is 3.78. The molecule has 30 heavy (non-hydrogen) atoms. The Balaban J connectivity index is 1.39. The smallest absolute Gasteiger partial charge is 0.276 e. The molecule has 0 atom stereocenters. The van der Waals surface area contributed by atoms with Crippen LogP contribution >= 0.6 is 11.3 Å². The SMILES string of the molecule is Cc1cc(C)cc(OCc2c(C(=O)N3CCN(Cc4cccs4)CC3)noc2C)c1. The molecule has 6 nitrogen and oxygen atoms in total. The normalized spacial score (nSPS) is 14.8. The number of amides is 1. The number of rotatable bonds is 6. The van der Waals surface area contributed by atoms with Crippen LogP contribution < -0.4 is 4.74 Å². The highest BCUT2D eigenvalue weighted by Crippen LogP contribution is 2.22. The predicted molar refractivity (Wildman–Crippen MR) is 117 cm³/mol. The molecule has 1 amide bonds. The van der Waals surface area contributed by atoms with E-state index >= 15 is 0 Å². The first-order valence-corrected chi connectivity index (χ1v) is 11.1. The number of carbonyl (C=O) groups excluding carboxylic acids is 1. The zero-order valence-corrected chi connectivity index (χ0v) is 18.5. The Morgan fingerprint density at radius 1 is 1.13 bits per heavy atom. The summed E-state index contributed by atoms with van der Waals surface area (Å²) in [6.45, 7) is 10.2. The second-order valence-electron chi connectivity index (χ2n) is 7.83. The van der Waals surface area contributed by atoms with Gasteiger partial charge >= 0.3 is 0 Å². The van der Waals surface area contributed by atoms with Gasteiger partial charge in [-0.25, -0.2) is 0 Å². The number of aromatic nitrogens is 1. The third kappa shape index (κ3) is 4.74. The Labute approximate surface area is 181 Å². The van der Waals surface area contributed by atoms with Gasteiger partial charge < -0.3 is 14.2 Å². The number of hydrogen-bond donors (Lipinski definition) is 0. The monoisotopic (exact) mass is 425 g/mol. The summed E-state index contributed by atoms with van der Waals surface area (Å²) in [7, 11) is 0. The third-order valence-corrected chi connectivity index (χ3v) is 6.25. The topological polar surface area (TPSA) is 58.8 Å². The summed E-state index contributed by atoms with van der Waals surface area (Å²) in [4.78, 5) is 18.7. The van der Waals surface area contributed by atoms with Crippen molar-refractivity contribution in [1.29, 1.82) is 0 Å². The highest BCUT2D eigenvalue weighted by atomic mass is 32.1. The summed E-state index contributed by atoms with van der Waals surface area (Å²) in [6, 6.07) is 10.3. The van der Waals surface area contributed by atoms with Crippen molar-refractivity contribution < 1.29 is 14.1 Å². The van der Waals surface area contributed by atoms with Gasteiger partial charge in [-0.15, -0.1) is 11.3 Å². The van der Waals surface area contributed by atoms with Gasteiger partial charge in [0, 0.05) is 37.6 Å². The second-order valence-corrected chi connectivity index (χ2v) is 8.86. The van der Waals surface area contributed by atoms with Crippen molar-refractivity contribution >= 4 is 17.2 Å². The maximum atomic E-state index is 13.1. The average Bonchev–Trinajstić information content (AvgIpc) is 3.35. The molecule has 1 aromatic carbocycles. The fourth-order valence-corrected chi connectivity index (χ4v) is 4.53. The minimum Gasteiger partial charge on any atom is -0.489 e. The molecule has 0 N–H and O–H groups in total. The molecule has 0 aliphatic carbocycles. The molecule has 7 heteroatoms. The first-order valence-electron chi connectivity index (χ1n) is 10.2. The maximum absolute atomic E-state index is 13.1. The van der Waals surface area contributed by atoms with Gasteiger partial charge in [-0.2, -0.15) is 0 Å². The lowest BCUT2D eigenvalue weighted by Gasteiger charge is -2.34. The molecule has 4 rings (SSSR count). The molecule has 3 aromatic rings. The largest absolute Gasteiger partial charge is 0.489 e. The first kappa shape index (κ1) is 20.6. The van der Waals surface area contributed by atoms with Crippen LogP contribution in [-0.2, 0) is 13.2 Å². The molecule has 158 valence electrons. The van der Waals surface area contributed by atoms with Crippen molar-refractivity contribution in [3.63, 3.8) is 0 Å².